The molecule has 0 spiro atoms. The van der Waals surface area contributed by atoms with E-state index in [9.17, 15) is 9.90 Å². The molecule has 2 heteroatoms. The molecule has 2 aromatic rings. The van der Waals surface area contributed by atoms with Crippen LogP contribution in [0.3, 0.4) is 0 Å². The highest BCUT2D eigenvalue weighted by atomic mass is 16.4. The third-order valence-electron chi connectivity index (χ3n) is 4.93. The number of carbonyl (C=O) groups is 1. The van der Waals surface area contributed by atoms with Crippen molar-refractivity contribution in [3.05, 3.63) is 70.8 Å². The molecule has 0 heterocycles. The van der Waals surface area contributed by atoms with Crippen LogP contribution >= 0.6 is 0 Å². The van der Waals surface area contributed by atoms with Crippen LogP contribution in [-0.2, 0) is 11.2 Å². The molecular weight excluding hydrogens is 248 g/mol. The number of carboxylic acids is 1. The summed E-state index contributed by atoms with van der Waals surface area (Å²) in [4.78, 5) is 11.7. The van der Waals surface area contributed by atoms with Crippen LogP contribution in [0.25, 0.3) is 0 Å². The number of hydrogen-bond acceptors (Lipinski definition) is 1. The summed E-state index contributed by atoms with van der Waals surface area (Å²) in [5.41, 5.74) is 5.22. The van der Waals surface area contributed by atoms with Crippen molar-refractivity contribution in [1.82, 2.24) is 0 Å². The van der Waals surface area contributed by atoms with Gasteiger partial charge in [-0.15, -0.1) is 0 Å². The number of rotatable bonds is 1. The first-order valence-corrected chi connectivity index (χ1v) is 7.15. The van der Waals surface area contributed by atoms with Gasteiger partial charge in [-0.05, 0) is 35.1 Å². The molecule has 3 atom stereocenters. The summed E-state index contributed by atoms with van der Waals surface area (Å²) in [5, 5.41) is 9.59. The van der Waals surface area contributed by atoms with Crippen molar-refractivity contribution in [2.24, 2.45) is 5.92 Å². The fourth-order valence-electron chi connectivity index (χ4n) is 4.04. The van der Waals surface area contributed by atoms with Crippen molar-refractivity contribution >= 4 is 5.97 Å². The lowest BCUT2D eigenvalue weighted by Crippen LogP contribution is -2.28. The molecule has 0 aliphatic heterocycles. The largest absolute Gasteiger partial charge is 0.481 e. The number of fused-ring (bicyclic) bond motifs is 1. The van der Waals surface area contributed by atoms with Crippen LogP contribution in [0.1, 0.15) is 40.5 Å². The van der Waals surface area contributed by atoms with E-state index in [1.54, 1.807) is 0 Å². The Hall–Kier alpha value is -2.09. The summed E-state index contributed by atoms with van der Waals surface area (Å²) >= 11 is 0. The molecule has 1 N–H and O–H groups in total. The van der Waals surface area contributed by atoms with E-state index in [-0.39, 0.29) is 17.8 Å². The van der Waals surface area contributed by atoms with Crippen molar-refractivity contribution < 1.29 is 9.90 Å². The maximum Gasteiger partial charge on any atom is 0.307 e. The van der Waals surface area contributed by atoms with E-state index < -0.39 is 5.97 Å². The number of aliphatic carboxylic acids is 1. The van der Waals surface area contributed by atoms with E-state index >= 15 is 0 Å². The lowest BCUT2D eigenvalue weighted by Gasteiger charge is -2.32. The Labute approximate surface area is 118 Å². The second kappa shape index (κ2) is 4.20. The van der Waals surface area contributed by atoms with Gasteiger partial charge in [-0.3, -0.25) is 4.79 Å². The molecule has 3 unspecified atom stereocenters. The third kappa shape index (κ3) is 1.54. The predicted molar refractivity (Wildman–Crippen MR) is 76.9 cm³/mol. The summed E-state index contributed by atoms with van der Waals surface area (Å²) in [6.45, 7) is 0. The van der Waals surface area contributed by atoms with Crippen LogP contribution in [-0.4, -0.2) is 11.1 Å². The van der Waals surface area contributed by atoms with E-state index in [0.717, 1.165) is 12.8 Å². The predicted octanol–water partition coefficient (Wildman–Crippen LogP) is 3.56. The number of carboxylic acid groups (broad SMARTS) is 1. The fourth-order valence-corrected chi connectivity index (χ4v) is 4.04. The minimum absolute atomic E-state index is 0.114. The molecule has 0 saturated carbocycles. The van der Waals surface area contributed by atoms with Gasteiger partial charge in [0.15, 0.2) is 0 Å². The Morgan fingerprint density at radius 1 is 0.950 bits per heavy atom. The van der Waals surface area contributed by atoms with E-state index in [4.69, 9.17) is 0 Å². The van der Waals surface area contributed by atoms with Crippen molar-refractivity contribution in [1.29, 1.82) is 0 Å². The lowest BCUT2D eigenvalue weighted by molar-refractivity contribution is -0.143. The maximum atomic E-state index is 11.7. The highest BCUT2D eigenvalue weighted by molar-refractivity contribution is 5.73. The molecule has 0 amide bonds. The summed E-state index contributed by atoms with van der Waals surface area (Å²) in [7, 11) is 0. The molecule has 5 rings (SSSR count). The van der Waals surface area contributed by atoms with Crippen molar-refractivity contribution in [3.63, 3.8) is 0 Å². The molecule has 0 saturated heterocycles. The van der Waals surface area contributed by atoms with Gasteiger partial charge in [0.1, 0.15) is 0 Å². The molecule has 2 nitrogen and oxygen atoms in total. The Balaban J connectivity index is 1.97. The van der Waals surface area contributed by atoms with Crippen LogP contribution < -0.4 is 0 Å². The van der Waals surface area contributed by atoms with Gasteiger partial charge < -0.3 is 5.11 Å². The SMILES string of the molecule is O=C(O)C1CC2c3ccccc3CC1c1ccccc12. The van der Waals surface area contributed by atoms with Gasteiger partial charge in [-0.1, -0.05) is 48.5 Å². The molecule has 2 bridgehead atoms. The maximum absolute atomic E-state index is 11.7. The lowest BCUT2D eigenvalue weighted by atomic mass is 9.70. The van der Waals surface area contributed by atoms with E-state index in [2.05, 4.69) is 42.5 Å². The summed E-state index contributed by atoms with van der Waals surface area (Å²) in [6, 6.07) is 16.8. The van der Waals surface area contributed by atoms with Crippen LogP contribution in [0.4, 0.5) is 0 Å². The van der Waals surface area contributed by atoms with Crippen LogP contribution in [0.5, 0.6) is 0 Å². The number of hydrogen-bond donors (Lipinski definition) is 1. The summed E-state index contributed by atoms with van der Waals surface area (Å²) in [5.74, 6) is -0.560. The second-order valence-corrected chi connectivity index (χ2v) is 5.87. The van der Waals surface area contributed by atoms with Crippen molar-refractivity contribution in [2.75, 3.05) is 0 Å². The zero-order valence-corrected chi connectivity index (χ0v) is 11.1. The Morgan fingerprint density at radius 2 is 1.60 bits per heavy atom. The molecule has 20 heavy (non-hydrogen) atoms. The van der Waals surface area contributed by atoms with Gasteiger partial charge in [0.05, 0.1) is 5.92 Å². The molecule has 3 aliphatic carbocycles. The molecule has 0 aromatic heterocycles. The zero-order chi connectivity index (χ0) is 13.7. The van der Waals surface area contributed by atoms with Gasteiger partial charge in [-0.2, -0.15) is 0 Å². The minimum atomic E-state index is -0.651. The normalized spacial score (nSPS) is 26.5. The third-order valence-corrected chi connectivity index (χ3v) is 4.93. The quantitative estimate of drug-likeness (QED) is 0.855. The molecule has 3 aliphatic rings. The monoisotopic (exact) mass is 264 g/mol. The van der Waals surface area contributed by atoms with Crippen LogP contribution in [0.15, 0.2) is 48.5 Å². The van der Waals surface area contributed by atoms with Gasteiger partial charge in [0.25, 0.3) is 0 Å². The van der Waals surface area contributed by atoms with Gasteiger partial charge in [0, 0.05) is 11.8 Å². The van der Waals surface area contributed by atoms with Crippen molar-refractivity contribution in [3.8, 4) is 0 Å². The smallest absolute Gasteiger partial charge is 0.307 e. The van der Waals surface area contributed by atoms with Crippen LogP contribution in [0, 0.1) is 5.92 Å². The van der Waals surface area contributed by atoms with Crippen molar-refractivity contribution in [2.45, 2.75) is 24.7 Å². The number of benzene rings is 2. The topological polar surface area (TPSA) is 37.3 Å². The van der Waals surface area contributed by atoms with E-state index in [1.807, 2.05) is 6.07 Å². The molecule has 2 aromatic carbocycles. The zero-order valence-electron chi connectivity index (χ0n) is 11.1. The Bertz CT molecular complexity index is 689. The van der Waals surface area contributed by atoms with Gasteiger partial charge in [-0.25, -0.2) is 0 Å². The molecule has 0 fully saturated rings. The highest BCUT2D eigenvalue weighted by Crippen LogP contribution is 2.51. The van der Waals surface area contributed by atoms with Gasteiger partial charge in [0.2, 0.25) is 0 Å². The Morgan fingerprint density at radius 3 is 2.35 bits per heavy atom. The minimum Gasteiger partial charge on any atom is -0.481 e. The first-order valence-electron chi connectivity index (χ1n) is 7.15. The fraction of sp³-hybridized carbons (Fsp3) is 0.278. The second-order valence-electron chi connectivity index (χ2n) is 5.87. The van der Waals surface area contributed by atoms with E-state index in [1.165, 1.54) is 22.3 Å². The van der Waals surface area contributed by atoms with Crippen LogP contribution in [0.2, 0.25) is 0 Å². The average Bonchev–Trinajstić information content (AvgIpc) is 2.72. The molecule has 0 radical (unpaired) electrons. The molecule has 100 valence electrons. The molecular formula is C18H16O2. The van der Waals surface area contributed by atoms with Gasteiger partial charge >= 0.3 is 5.97 Å². The average molecular weight is 264 g/mol. The standard InChI is InChI=1S/C18H16O2/c19-18(20)17-10-16-12-6-2-1-5-11(12)9-15(17)13-7-3-4-8-14(13)16/h1-8,15-17H,9-10H2,(H,19,20). The highest BCUT2D eigenvalue weighted by Gasteiger charge is 2.42. The first-order chi connectivity index (χ1) is 9.75. The van der Waals surface area contributed by atoms with E-state index in [0.29, 0.717) is 0 Å². The Kier molecular flexibility index (Phi) is 2.46. The first kappa shape index (κ1) is 11.7. The summed E-state index contributed by atoms with van der Waals surface area (Å²) in [6.07, 6.45) is 1.58. The summed E-state index contributed by atoms with van der Waals surface area (Å²) < 4.78 is 0.